The second-order valence-corrected chi connectivity index (χ2v) is 5.88. The van der Waals surface area contributed by atoms with Gasteiger partial charge in [-0.3, -0.25) is 9.78 Å². The molecule has 1 N–H and O–H groups in total. The first-order valence-electron chi connectivity index (χ1n) is 8.21. The maximum absolute atomic E-state index is 13.6. The van der Waals surface area contributed by atoms with E-state index in [1.807, 2.05) is 24.1 Å². The first kappa shape index (κ1) is 18.4. The summed E-state index contributed by atoms with van der Waals surface area (Å²) < 4.78 is 26.5. The summed E-state index contributed by atoms with van der Waals surface area (Å²) in [4.78, 5) is 26.4. The number of carbonyl (C=O) groups is 1. The lowest BCUT2D eigenvalue weighted by Gasteiger charge is -2.16. The number of nitrogens with zero attached hydrogens (tertiary/aromatic N) is 4. The molecule has 1 amide bonds. The largest absolute Gasteiger partial charge is 0.344 e. The van der Waals surface area contributed by atoms with Crippen LogP contribution < -0.4 is 10.2 Å². The first-order valence-corrected chi connectivity index (χ1v) is 8.21. The van der Waals surface area contributed by atoms with E-state index < -0.39 is 17.5 Å². The third kappa shape index (κ3) is 4.81. The second-order valence-electron chi connectivity index (χ2n) is 5.88. The predicted molar refractivity (Wildman–Crippen MR) is 97.6 cm³/mol. The average Bonchev–Trinajstić information content (AvgIpc) is 2.69. The van der Waals surface area contributed by atoms with E-state index in [0.29, 0.717) is 18.6 Å². The Labute approximate surface area is 154 Å². The SMILES string of the molecule is CN(CCc1ccncc1)c1ncc(C(=O)Nc2ccc(F)cc2F)cn1. The fourth-order valence-corrected chi connectivity index (χ4v) is 2.37. The lowest BCUT2D eigenvalue weighted by atomic mass is 10.2. The van der Waals surface area contributed by atoms with Gasteiger partial charge >= 0.3 is 0 Å². The maximum Gasteiger partial charge on any atom is 0.258 e. The molecule has 0 radical (unpaired) electrons. The van der Waals surface area contributed by atoms with Crippen LogP contribution in [0.3, 0.4) is 0 Å². The van der Waals surface area contributed by atoms with Gasteiger partial charge in [0.05, 0.1) is 11.3 Å². The molecule has 0 bridgehead atoms. The van der Waals surface area contributed by atoms with E-state index in [1.54, 1.807) is 12.4 Å². The smallest absolute Gasteiger partial charge is 0.258 e. The van der Waals surface area contributed by atoms with Gasteiger partial charge in [-0.1, -0.05) is 0 Å². The van der Waals surface area contributed by atoms with E-state index in [4.69, 9.17) is 0 Å². The number of carbonyl (C=O) groups excluding carboxylic acids is 1. The fourth-order valence-electron chi connectivity index (χ4n) is 2.37. The zero-order valence-electron chi connectivity index (χ0n) is 14.6. The molecule has 0 aliphatic heterocycles. The Morgan fingerprint density at radius 2 is 1.81 bits per heavy atom. The van der Waals surface area contributed by atoms with Gasteiger partial charge in [-0.25, -0.2) is 18.7 Å². The molecule has 1 aromatic carbocycles. The zero-order valence-corrected chi connectivity index (χ0v) is 14.6. The summed E-state index contributed by atoms with van der Waals surface area (Å²) in [6.45, 7) is 0.691. The van der Waals surface area contributed by atoms with Gasteiger partial charge in [0.25, 0.3) is 5.91 Å². The lowest BCUT2D eigenvalue weighted by molar-refractivity contribution is 0.102. The third-order valence-corrected chi connectivity index (χ3v) is 3.91. The first-order chi connectivity index (χ1) is 13.0. The highest BCUT2D eigenvalue weighted by molar-refractivity contribution is 6.03. The molecule has 0 saturated carbocycles. The summed E-state index contributed by atoms with van der Waals surface area (Å²) in [6.07, 6.45) is 7.00. The van der Waals surface area contributed by atoms with Crippen LogP contribution in [0.5, 0.6) is 0 Å². The Morgan fingerprint density at radius 1 is 1.11 bits per heavy atom. The summed E-state index contributed by atoms with van der Waals surface area (Å²) >= 11 is 0. The van der Waals surface area contributed by atoms with E-state index in [1.165, 1.54) is 12.4 Å². The fraction of sp³-hybridized carbons (Fsp3) is 0.158. The lowest BCUT2D eigenvalue weighted by Crippen LogP contribution is -2.23. The van der Waals surface area contributed by atoms with Crippen molar-refractivity contribution in [2.75, 3.05) is 23.8 Å². The van der Waals surface area contributed by atoms with Crippen LogP contribution in [0.2, 0.25) is 0 Å². The van der Waals surface area contributed by atoms with Crippen molar-refractivity contribution in [1.29, 1.82) is 0 Å². The topological polar surface area (TPSA) is 71.0 Å². The molecular weight excluding hydrogens is 352 g/mol. The molecule has 2 aromatic heterocycles. The van der Waals surface area contributed by atoms with Crippen molar-refractivity contribution in [3.63, 3.8) is 0 Å². The molecule has 0 fully saturated rings. The molecule has 8 heteroatoms. The number of nitrogens with one attached hydrogen (secondary N) is 1. The Balaban J connectivity index is 1.61. The van der Waals surface area contributed by atoms with Crippen molar-refractivity contribution in [2.24, 2.45) is 0 Å². The molecule has 138 valence electrons. The van der Waals surface area contributed by atoms with Crippen LogP contribution in [0.15, 0.2) is 55.1 Å². The van der Waals surface area contributed by atoms with Gasteiger partial charge in [0.1, 0.15) is 11.6 Å². The average molecular weight is 369 g/mol. The molecule has 0 saturated heterocycles. The van der Waals surface area contributed by atoms with Crippen LogP contribution in [0.25, 0.3) is 0 Å². The van der Waals surface area contributed by atoms with Gasteiger partial charge < -0.3 is 10.2 Å². The summed E-state index contributed by atoms with van der Waals surface area (Å²) in [5.41, 5.74) is 1.21. The number of benzene rings is 1. The maximum atomic E-state index is 13.6. The van der Waals surface area contributed by atoms with Crippen LogP contribution in [-0.2, 0) is 6.42 Å². The minimum absolute atomic E-state index is 0.111. The number of amides is 1. The van der Waals surface area contributed by atoms with Crippen LogP contribution in [0.4, 0.5) is 20.4 Å². The van der Waals surface area contributed by atoms with E-state index >= 15 is 0 Å². The van der Waals surface area contributed by atoms with Crippen molar-refractivity contribution < 1.29 is 13.6 Å². The summed E-state index contributed by atoms with van der Waals surface area (Å²) in [5.74, 6) is -1.68. The van der Waals surface area contributed by atoms with E-state index in [2.05, 4.69) is 20.3 Å². The molecule has 27 heavy (non-hydrogen) atoms. The molecule has 3 aromatic rings. The van der Waals surface area contributed by atoms with Crippen molar-refractivity contribution in [2.45, 2.75) is 6.42 Å². The van der Waals surface area contributed by atoms with Gasteiger partial charge in [0, 0.05) is 44.4 Å². The molecule has 0 aliphatic carbocycles. The Morgan fingerprint density at radius 3 is 2.48 bits per heavy atom. The van der Waals surface area contributed by atoms with E-state index in [-0.39, 0.29) is 11.3 Å². The normalized spacial score (nSPS) is 10.5. The number of rotatable bonds is 6. The number of hydrogen-bond donors (Lipinski definition) is 1. The Bertz CT molecular complexity index is 919. The van der Waals surface area contributed by atoms with Gasteiger partial charge in [0.2, 0.25) is 5.95 Å². The summed E-state index contributed by atoms with van der Waals surface area (Å²) in [5, 5.41) is 2.37. The molecule has 0 aliphatic rings. The number of hydrogen-bond acceptors (Lipinski definition) is 5. The van der Waals surface area contributed by atoms with Gasteiger partial charge in [-0.05, 0) is 36.2 Å². The molecule has 3 rings (SSSR count). The van der Waals surface area contributed by atoms with Crippen molar-refractivity contribution in [3.8, 4) is 0 Å². The van der Waals surface area contributed by atoms with Crippen molar-refractivity contribution >= 4 is 17.5 Å². The minimum atomic E-state index is -0.850. The highest BCUT2D eigenvalue weighted by atomic mass is 19.1. The van der Waals surface area contributed by atoms with Crippen LogP contribution in [0.1, 0.15) is 15.9 Å². The second kappa shape index (κ2) is 8.31. The van der Waals surface area contributed by atoms with Crippen LogP contribution in [0, 0.1) is 11.6 Å². The summed E-state index contributed by atoms with van der Waals surface area (Å²) in [6, 6.07) is 6.81. The predicted octanol–water partition coefficient (Wildman–Crippen LogP) is 3.08. The third-order valence-electron chi connectivity index (χ3n) is 3.91. The number of pyridine rings is 1. The molecule has 6 nitrogen and oxygen atoms in total. The molecular formula is C19H17F2N5O. The Hall–Kier alpha value is -3.42. The highest BCUT2D eigenvalue weighted by Gasteiger charge is 2.12. The number of anilines is 2. The zero-order chi connectivity index (χ0) is 19.2. The molecule has 2 heterocycles. The van der Waals surface area contributed by atoms with Gasteiger partial charge in [0.15, 0.2) is 0 Å². The van der Waals surface area contributed by atoms with Crippen molar-refractivity contribution in [3.05, 3.63) is 77.9 Å². The monoisotopic (exact) mass is 369 g/mol. The minimum Gasteiger partial charge on any atom is -0.344 e. The quantitative estimate of drug-likeness (QED) is 0.723. The van der Waals surface area contributed by atoms with Gasteiger partial charge in [-0.2, -0.15) is 0 Å². The molecule has 0 unspecified atom stereocenters. The number of aromatic nitrogens is 3. The van der Waals surface area contributed by atoms with E-state index in [9.17, 15) is 13.6 Å². The highest BCUT2D eigenvalue weighted by Crippen LogP contribution is 2.16. The van der Waals surface area contributed by atoms with Crippen molar-refractivity contribution in [1.82, 2.24) is 15.0 Å². The van der Waals surface area contributed by atoms with Crippen LogP contribution in [-0.4, -0.2) is 34.5 Å². The van der Waals surface area contributed by atoms with E-state index in [0.717, 1.165) is 24.1 Å². The molecule has 0 spiro atoms. The Kier molecular flexibility index (Phi) is 5.65. The van der Waals surface area contributed by atoms with Crippen LogP contribution >= 0.6 is 0 Å². The number of halogens is 2. The van der Waals surface area contributed by atoms with Gasteiger partial charge in [-0.15, -0.1) is 0 Å². The summed E-state index contributed by atoms with van der Waals surface area (Å²) in [7, 11) is 1.85. The number of likely N-dealkylation sites (N-methyl/N-ethyl adjacent to an activating group) is 1. The standard InChI is InChI=1S/C19H17F2N5O/c1-26(9-6-13-4-7-22-8-5-13)19-23-11-14(12-24-19)18(27)25-17-3-2-15(20)10-16(17)21/h2-5,7-8,10-12H,6,9H2,1H3,(H,25,27). The molecule has 0 atom stereocenters.